The fourth-order valence-corrected chi connectivity index (χ4v) is 2.48. The van der Waals surface area contributed by atoms with Gasteiger partial charge in [0.15, 0.2) is 5.78 Å². The number of nitrogens with one attached hydrogen (secondary N) is 1. The lowest BCUT2D eigenvalue weighted by atomic mass is 10.1. The molecule has 0 aliphatic rings. The average molecular weight is 309 g/mol. The van der Waals surface area contributed by atoms with E-state index in [1.807, 2.05) is 0 Å². The maximum absolute atomic E-state index is 11.8. The van der Waals surface area contributed by atoms with Crippen LogP contribution in [0.2, 0.25) is 0 Å². The molecular formula is C15H19NO4S. The number of Topliss-reactive ketones (excluding diaryl/α,β-unsaturated/α-hetero) is 1. The van der Waals surface area contributed by atoms with Crippen molar-refractivity contribution in [1.82, 2.24) is 0 Å². The van der Waals surface area contributed by atoms with Crippen LogP contribution in [0.5, 0.6) is 0 Å². The van der Waals surface area contributed by atoms with Crippen LogP contribution in [-0.4, -0.2) is 36.3 Å². The molecule has 0 aliphatic carbocycles. The quantitative estimate of drug-likeness (QED) is 0.618. The summed E-state index contributed by atoms with van der Waals surface area (Å²) in [5.74, 6) is 0.0233. The van der Waals surface area contributed by atoms with Gasteiger partial charge in [0.2, 0.25) is 5.91 Å². The molecule has 1 amide bonds. The highest BCUT2D eigenvalue weighted by molar-refractivity contribution is 8.00. The van der Waals surface area contributed by atoms with Crippen molar-refractivity contribution < 1.29 is 19.1 Å². The number of rotatable bonds is 7. The van der Waals surface area contributed by atoms with Gasteiger partial charge < -0.3 is 10.1 Å². The monoisotopic (exact) mass is 309 g/mol. The highest BCUT2D eigenvalue weighted by Gasteiger charge is 2.13. The number of esters is 1. The average Bonchev–Trinajstić information content (AvgIpc) is 2.46. The molecule has 0 radical (unpaired) electrons. The number of thioether (sulfide) groups is 1. The molecule has 0 heterocycles. The molecular weight excluding hydrogens is 290 g/mol. The number of amides is 1. The highest BCUT2D eigenvalue weighted by Crippen LogP contribution is 2.13. The topological polar surface area (TPSA) is 72.5 Å². The molecule has 0 bridgehead atoms. The predicted octanol–water partition coefficient (Wildman–Crippen LogP) is 2.37. The Balaban J connectivity index is 2.42. The van der Waals surface area contributed by atoms with Gasteiger partial charge in [-0.3, -0.25) is 14.4 Å². The molecule has 0 saturated heterocycles. The van der Waals surface area contributed by atoms with Crippen LogP contribution >= 0.6 is 11.8 Å². The van der Waals surface area contributed by atoms with Crippen LogP contribution in [0.1, 0.15) is 24.2 Å². The Bertz CT molecular complexity index is 530. The number of carbonyl (C=O) groups excluding carboxylic acids is 3. The van der Waals surface area contributed by atoms with Crippen LogP contribution in [0.3, 0.4) is 0 Å². The van der Waals surface area contributed by atoms with Crippen molar-refractivity contribution in [2.24, 2.45) is 5.92 Å². The highest BCUT2D eigenvalue weighted by atomic mass is 32.2. The molecule has 1 atom stereocenters. The van der Waals surface area contributed by atoms with Crippen molar-refractivity contribution in [3.05, 3.63) is 29.8 Å². The summed E-state index contributed by atoms with van der Waals surface area (Å²) < 4.78 is 4.62. The van der Waals surface area contributed by atoms with Crippen molar-refractivity contribution in [3.8, 4) is 0 Å². The fraction of sp³-hybridized carbons (Fsp3) is 0.400. The van der Waals surface area contributed by atoms with Gasteiger partial charge in [0.25, 0.3) is 0 Å². The van der Waals surface area contributed by atoms with Crippen molar-refractivity contribution in [1.29, 1.82) is 0 Å². The number of methoxy groups -OCH3 is 1. The van der Waals surface area contributed by atoms with E-state index in [2.05, 4.69) is 10.1 Å². The molecule has 1 unspecified atom stereocenters. The number of hydrogen-bond acceptors (Lipinski definition) is 5. The zero-order valence-corrected chi connectivity index (χ0v) is 13.2. The molecule has 5 nitrogen and oxygen atoms in total. The van der Waals surface area contributed by atoms with E-state index in [-0.39, 0.29) is 29.3 Å². The number of hydrogen-bond donors (Lipinski definition) is 1. The van der Waals surface area contributed by atoms with Crippen LogP contribution in [0.15, 0.2) is 24.3 Å². The minimum absolute atomic E-state index is 0.0487. The van der Waals surface area contributed by atoms with E-state index in [4.69, 9.17) is 0 Å². The first-order chi connectivity index (χ1) is 9.93. The molecule has 6 heteroatoms. The van der Waals surface area contributed by atoms with Gasteiger partial charge in [-0.2, -0.15) is 11.8 Å². The minimum atomic E-state index is -0.280. The minimum Gasteiger partial charge on any atom is -0.469 e. The summed E-state index contributed by atoms with van der Waals surface area (Å²) in [6.07, 6.45) is 0. The largest absolute Gasteiger partial charge is 0.469 e. The molecule has 1 aromatic carbocycles. The third-order valence-electron chi connectivity index (χ3n) is 2.76. The number of ketones is 1. The zero-order chi connectivity index (χ0) is 15.8. The third-order valence-corrected chi connectivity index (χ3v) is 3.96. The van der Waals surface area contributed by atoms with Gasteiger partial charge in [-0.05, 0) is 19.1 Å². The van der Waals surface area contributed by atoms with E-state index >= 15 is 0 Å². The maximum Gasteiger partial charge on any atom is 0.309 e. The van der Waals surface area contributed by atoms with E-state index in [1.165, 1.54) is 25.8 Å². The van der Waals surface area contributed by atoms with Gasteiger partial charge in [0, 0.05) is 17.0 Å². The molecule has 1 rings (SSSR count). The molecule has 0 spiro atoms. The Morgan fingerprint density at radius 3 is 2.67 bits per heavy atom. The number of anilines is 1. The first-order valence-electron chi connectivity index (χ1n) is 6.50. The van der Waals surface area contributed by atoms with Crippen LogP contribution in [0.4, 0.5) is 5.69 Å². The summed E-state index contributed by atoms with van der Waals surface area (Å²) in [6, 6.07) is 6.79. The van der Waals surface area contributed by atoms with Crippen molar-refractivity contribution in [3.63, 3.8) is 0 Å². The smallest absolute Gasteiger partial charge is 0.309 e. The maximum atomic E-state index is 11.8. The van der Waals surface area contributed by atoms with E-state index in [1.54, 1.807) is 31.2 Å². The van der Waals surface area contributed by atoms with Crippen molar-refractivity contribution in [2.45, 2.75) is 13.8 Å². The van der Waals surface area contributed by atoms with E-state index in [9.17, 15) is 14.4 Å². The molecule has 114 valence electrons. The normalized spacial score (nSPS) is 11.6. The van der Waals surface area contributed by atoms with Crippen molar-refractivity contribution >= 4 is 35.1 Å². The predicted molar refractivity (Wildman–Crippen MR) is 83.6 cm³/mol. The fourth-order valence-electron chi connectivity index (χ4n) is 1.61. The number of ether oxygens (including phenoxy) is 1. The lowest BCUT2D eigenvalue weighted by Gasteiger charge is -2.09. The zero-order valence-electron chi connectivity index (χ0n) is 12.3. The van der Waals surface area contributed by atoms with Crippen LogP contribution in [0, 0.1) is 5.92 Å². The number of carbonyl (C=O) groups is 3. The van der Waals surface area contributed by atoms with Crippen LogP contribution in [-0.2, 0) is 14.3 Å². The van der Waals surface area contributed by atoms with Crippen molar-refractivity contribution in [2.75, 3.05) is 23.9 Å². The second-order valence-corrected chi connectivity index (χ2v) is 5.65. The Hall–Kier alpha value is -1.82. The molecule has 1 N–H and O–H groups in total. The van der Waals surface area contributed by atoms with Gasteiger partial charge in [0.1, 0.15) is 0 Å². The second kappa shape index (κ2) is 8.46. The first-order valence-corrected chi connectivity index (χ1v) is 7.66. The summed E-state index contributed by atoms with van der Waals surface area (Å²) >= 11 is 1.36. The Morgan fingerprint density at radius 1 is 1.33 bits per heavy atom. The molecule has 0 fully saturated rings. The summed E-state index contributed by atoms with van der Waals surface area (Å²) in [5.41, 5.74) is 1.15. The standard InChI is InChI=1S/C15H19NO4S/c1-10(15(19)20-3)8-21-9-14(18)16-13-6-4-5-12(7-13)11(2)17/h4-7,10H,8-9H2,1-3H3,(H,16,18). The number of benzene rings is 1. The molecule has 21 heavy (non-hydrogen) atoms. The summed E-state index contributed by atoms with van der Waals surface area (Å²) in [7, 11) is 1.35. The molecule has 0 aromatic heterocycles. The van der Waals surface area contributed by atoms with Crippen LogP contribution in [0.25, 0.3) is 0 Å². The van der Waals surface area contributed by atoms with E-state index < -0.39 is 0 Å². The van der Waals surface area contributed by atoms with Gasteiger partial charge in [-0.25, -0.2) is 0 Å². The lowest BCUT2D eigenvalue weighted by Crippen LogP contribution is -2.18. The van der Waals surface area contributed by atoms with Crippen LogP contribution < -0.4 is 5.32 Å². The molecule has 0 saturated carbocycles. The summed E-state index contributed by atoms with van der Waals surface area (Å²) in [5, 5.41) is 2.73. The molecule has 0 aliphatic heterocycles. The van der Waals surface area contributed by atoms with Gasteiger partial charge in [-0.15, -0.1) is 0 Å². The molecule has 1 aromatic rings. The van der Waals surface area contributed by atoms with E-state index in [0.717, 1.165) is 0 Å². The Kier molecular flexibility index (Phi) is 6.94. The van der Waals surface area contributed by atoms with Gasteiger partial charge in [-0.1, -0.05) is 19.1 Å². The Labute approximate surface area is 128 Å². The van der Waals surface area contributed by atoms with Gasteiger partial charge in [0.05, 0.1) is 18.8 Å². The SMILES string of the molecule is COC(=O)C(C)CSCC(=O)Nc1cccc(C(C)=O)c1. The Morgan fingerprint density at radius 2 is 2.05 bits per heavy atom. The summed E-state index contributed by atoms with van der Waals surface area (Å²) in [6.45, 7) is 3.23. The first kappa shape index (κ1) is 17.2. The lowest BCUT2D eigenvalue weighted by molar-refractivity contribution is -0.144. The van der Waals surface area contributed by atoms with E-state index in [0.29, 0.717) is 17.0 Å². The second-order valence-electron chi connectivity index (χ2n) is 4.62. The summed E-state index contributed by atoms with van der Waals surface area (Å²) in [4.78, 5) is 34.3. The van der Waals surface area contributed by atoms with Gasteiger partial charge >= 0.3 is 5.97 Å². The third kappa shape index (κ3) is 5.99.